The molecule has 2 aliphatic heterocycles. The second-order valence-electron chi connectivity index (χ2n) is 13.6. The molecule has 1 atom stereocenters. The Balaban J connectivity index is 1.33. The zero-order valence-electron chi connectivity index (χ0n) is 28.2. The zero-order chi connectivity index (χ0) is 34.2. The summed E-state index contributed by atoms with van der Waals surface area (Å²) in [7, 11) is 0. The third-order valence-corrected chi connectivity index (χ3v) is 13.2. The summed E-state index contributed by atoms with van der Waals surface area (Å²) in [6, 6.07) is 69.8. The lowest BCUT2D eigenvalue weighted by molar-refractivity contribution is 0.671. The van der Waals surface area contributed by atoms with Gasteiger partial charge in [0.25, 0.3) is 0 Å². The maximum Gasteiger partial charge on any atom is 0.0757 e. The van der Waals surface area contributed by atoms with Gasteiger partial charge < -0.3 is 4.57 Å². The molecule has 11 rings (SSSR count). The number of benzene rings is 8. The molecule has 0 bridgehead atoms. The van der Waals surface area contributed by atoms with Crippen LogP contribution >= 0.6 is 23.5 Å². The molecule has 3 heterocycles. The highest BCUT2D eigenvalue weighted by Gasteiger charge is 2.51. The Bertz CT molecular complexity index is 2810. The van der Waals surface area contributed by atoms with Gasteiger partial charge in [-0.05, 0) is 93.0 Å². The van der Waals surface area contributed by atoms with Crippen LogP contribution in [0.4, 0.5) is 0 Å². The third-order valence-electron chi connectivity index (χ3n) is 10.9. The first-order chi connectivity index (χ1) is 25.8. The Kier molecular flexibility index (Phi) is 6.70. The van der Waals surface area contributed by atoms with Crippen molar-refractivity contribution >= 4 is 45.3 Å². The molecule has 0 amide bonds. The fourth-order valence-electron chi connectivity index (χ4n) is 8.96. The largest absolute Gasteiger partial charge is 0.309 e. The Morgan fingerprint density at radius 1 is 0.365 bits per heavy atom. The lowest BCUT2D eigenvalue weighted by atomic mass is 9.61. The van der Waals surface area contributed by atoms with Crippen molar-refractivity contribution in [3.05, 3.63) is 210 Å². The number of para-hydroxylation sites is 2. The molecule has 0 N–H and O–H groups in total. The van der Waals surface area contributed by atoms with Crippen LogP contribution in [-0.2, 0) is 5.41 Å². The molecule has 0 saturated heterocycles. The van der Waals surface area contributed by atoms with Gasteiger partial charge in [-0.15, -0.1) is 0 Å². The van der Waals surface area contributed by atoms with Crippen LogP contribution in [0.15, 0.2) is 208 Å². The standard InChI is InChI=1S/C49H31NS2/c1-3-16-32(17-4-1)34-21-14-30-44-47(34)49(38-24-8-11-28-42(38)51-44)39-25-9-12-29-43(39)52-45-31-15-23-36(48(45)49)35-22-13-27-41-46(35)37-20-7-10-26-40(37)50(41)33-18-5-2-6-19-33/h1-31H. The van der Waals surface area contributed by atoms with E-state index in [4.69, 9.17) is 0 Å². The van der Waals surface area contributed by atoms with E-state index in [2.05, 4.69) is 193 Å². The SMILES string of the molecule is c1ccc(-c2cccc3c2C2(c4ccccc4S3)c3ccccc3Sc3cccc(-c4cccc5c4c4ccccc4n5-c4ccccc4)c32)cc1. The fourth-order valence-corrected chi connectivity index (χ4v) is 11.4. The van der Waals surface area contributed by atoms with E-state index in [1.807, 2.05) is 23.5 Å². The fraction of sp³-hybridized carbons (Fsp3) is 0.0204. The van der Waals surface area contributed by atoms with Crippen LogP contribution in [0.5, 0.6) is 0 Å². The second-order valence-corrected chi connectivity index (χ2v) is 15.7. The number of aromatic nitrogens is 1. The van der Waals surface area contributed by atoms with E-state index in [1.165, 1.54) is 91.6 Å². The van der Waals surface area contributed by atoms with Gasteiger partial charge in [0.2, 0.25) is 0 Å². The van der Waals surface area contributed by atoms with Gasteiger partial charge in [-0.25, -0.2) is 0 Å². The number of hydrogen-bond donors (Lipinski definition) is 0. The van der Waals surface area contributed by atoms with E-state index in [-0.39, 0.29) is 0 Å². The quantitative estimate of drug-likeness (QED) is 0.181. The van der Waals surface area contributed by atoms with Gasteiger partial charge in [0.1, 0.15) is 0 Å². The van der Waals surface area contributed by atoms with E-state index in [1.54, 1.807) is 0 Å². The van der Waals surface area contributed by atoms with Gasteiger partial charge in [-0.1, -0.05) is 163 Å². The molecule has 9 aromatic rings. The molecule has 8 aromatic carbocycles. The summed E-state index contributed by atoms with van der Waals surface area (Å²) in [4.78, 5) is 5.22. The van der Waals surface area contributed by atoms with Crippen molar-refractivity contribution in [2.75, 3.05) is 0 Å². The number of rotatable bonds is 3. The van der Waals surface area contributed by atoms with Gasteiger partial charge in [0, 0.05) is 36.0 Å². The Hall–Kier alpha value is -5.74. The molecule has 0 fully saturated rings. The van der Waals surface area contributed by atoms with Crippen LogP contribution in [0, 0.1) is 0 Å². The monoisotopic (exact) mass is 697 g/mol. The first-order valence-corrected chi connectivity index (χ1v) is 19.4. The van der Waals surface area contributed by atoms with E-state index < -0.39 is 5.41 Å². The average Bonchev–Trinajstić information content (AvgIpc) is 3.56. The normalized spacial score (nSPS) is 15.6. The maximum absolute atomic E-state index is 2.43. The Morgan fingerprint density at radius 2 is 0.865 bits per heavy atom. The highest BCUT2D eigenvalue weighted by atomic mass is 32.2. The van der Waals surface area contributed by atoms with Gasteiger partial charge in [-0.3, -0.25) is 0 Å². The molecular formula is C49H31NS2. The smallest absolute Gasteiger partial charge is 0.0757 e. The lowest BCUT2D eigenvalue weighted by Gasteiger charge is -2.47. The van der Waals surface area contributed by atoms with Crippen LogP contribution < -0.4 is 0 Å². The van der Waals surface area contributed by atoms with Gasteiger partial charge in [0.05, 0.1) is 16.4 Å². The molecule has 244 valence electrons. The molecule has 1 unspecified atom stereocenters. The highest BCUT2D eigenvalue weighted by Crippen LogP contribution is 2.65. The number of hydrogen-bond acceptors (Lipinski definition) is 2. The van der Waals surface area contributed by atoms with Crippen LogP contribution in [0.1, 0.15) is 22.3 Å². The molecule has 0 saturated carbocycles. The molecule has 1 aromatic heterocycles. The van der Waals surface area contributed by atoms with Crippen molar-refractivity contribution in [3.8, 4) is 27.9 Å². The van der Waals surface area contributed by atoms with E-state index in [0.29, 0.717) is 0 Å². The van der Waals surface area contributed by atoms with Gasteiger partial charge >= 0.3 is 0 Å². The molecular weight excluding hydrogens is 667 g/mol. The second kappa shape index (κ2) is 11.6. The highest BCUT2D eigenvalue weighted by molar-refractivity contribution is 8.00. The minimum Gasteiger partial charge on any atom is -0.309 e. The third kappa shape index (κ3) is 4.15. The minimum atomic E-state index is -0.572. The van der Waals surface area contributed by atoms with Crippen molar-refractivity contribution in [2.45, 2.75) is 25.0 Å². The molecule has 2 aliphatic rings. The van der Waals surface area contributed by atoms with E-state index in [0.717, 1.165) is 0 Å². The van der Waals surface area contributed by atoms with Crippen molar-refractivity contribution in [1.82, 2.24) is 4.57 Å². The van der Waals surface area contributed by atoms with Crippen molar-refractivity contribution < 1.29 is 0 Å². The summed E-state index contributed by atoms with van der Waals surface area (Å²) in [6.07, 6.45) is 0. The summed E-state index contributed by atoms with van der Waals surface area (Å²) in [6.45, 7) is 0. The predicted molar refractivity (Wildman–Crippen MR) is 218 cm³/mol. The summed E-state index contributed by atoms with van der Waals surface area (Å²) in [5, 5.41) is 2.54. The molecule has 3 heteroatoms. The molecule has 0 aliphatic carbocycles. The summed E-state index contributed by atoms with van der Waals surface area (Å²) in [5.74, 6) is 0. The van der Waals surface area contributed by atoms with Crippen molar-refractivity contribution in [2.24, 2.45) is 0 Å². The minimum absolute atomic E-state index is 0.572. The zero-order valence-corrected chi connectivity index (χ0v) is 29.8. The van der Waals surface area contributed by atoms with Crippen molar-refractivity contribution in [3.63, 3.8) is 0 Å². The summed E-state index contributed by atoms with van der Waals surface area (Å²) < 4.78 is 2.43. The number of nitrogens with zero attached hydrogens (tertiary/aromatic N) is 1. The summed E-state index contributed by atoms with van der Waals surface area (Å²) >= 11 is 3.81. The average molecular weight is 698 g/mol. The molecule has 0 radical (unpaired) electrons. The summed E-state index contributed by atoms with van der Waals surface area (Å²) in [5.41, 5.74) is 13.5. The molecule has 1 spiro atoms. The lowest BCUT2D eigenvalue weighted by Crippen LogP contribution is -2.37. The first kappa shape index (κ1) is 29.9. The van der Waals surface area contributed by atoms with Crippen molar-refractivity contribution in [1.29, 1.82) is 0 Å². The van der Waals surface area contributed by atoms with Gasteiger partial charge in [0.15, 0.2) is 0 Å². The van der Waals surface area contributed by atoms with Crippen LogP contribution in [-0.4, -0.2) is 4.57 Å². The Morgan fingerprint density at radius 3 is 1.58 bits per heavy atom. The predicted octanol–water partition coefficient (Wildman–Crippen LogP) is 13.4. The number of fused-ring (bicyclic) bond motifs is 11. The maximum atomic E-state index is 2.43. The van der Waals surface area contributed by atoms with Crippen LogP contribution in [0.2, 0.25) is 0 Å². The van der Waals surface area contributed by atoms with Crippen LogP contribution in [0.3, 0.4) is 0 Å². The topological polar surface area (TPSA) is 4.93 Å². The Labute approximate surface area is 311 Å². The first-order valence-electron chi connectivity index (χ1n) is 17.8. The molecule has 1 nitrogen and oxygen atoms in total. The van der Waals surface area contributed by atoms with Crippen LogP contribution in [0.25, 0.3) is 49.7 Å². The molecule has 52 heavy (non-hydrogen) atoms. The van der Waals surface area contributed by atoms with E-state index >= 15 is 0 Å². The van der Waals surface area contributed by atoms with Gasteiger partial charge in [-0.2, -0.15) is 0 Å². The van der Waals surface area contributed by atoms with E-state index in [9.17, 15) is 0 Å².